The van der Waals surface area contributed by atoms with Crippen molar-refractivity contribution in [2.45, 2.75) is 20.3 Å². The molecule has 5 nitrogen and oxygen atoms in total. The van der Waals surface area contributed by atoms with Crippen molar-refractivity contribution in [2.75, 3.05) is 25.1 Å². The van der Waals surface area contributed by atoms with Gasteiger partial charge in [0.15, 0.2) is 0 Å². The zero-order chi connectivity index (χ0) is 22.7. The number of benzene rings is 2. The van der Waals surface area contributed by atoms with E-state index in [-0.39, 0.29) is 17.7 Å². The molecule has 1 unspecified atom stereocenters. The molecule has 2 aliphatic rings. The second-order valence-electron chi connectivity index (χ2n) is 7.85. The summed E-state index contributed by atoms with van der Waals surface area (Å²) in [5.41, 5.74) is 10.1. The van der Waals surface area contributed by atoms with Crippen LogP contribution in [0.1, 0.15) is 29.3 Å². The number of fused-ring (bicyclic) bond motifs is 1. The second-order valence-corrected chi connectivity index (χ2v) is 7.85. The smallest absolute Gasteiger partial charge is 0.258 e. The molecule has 0 aromatic heterocycles. The minimum atomic E-state index is -0.372. The minimum absolute atomic E-state index is 0.0185. The van der Waals surface area contributed by atoms with Crippen LogP contribution < -0.4 is 9.64 Å². The lowest BCUT2D eigenvalue weighted by Gasteiger charge is -2.37. The van der Waals surface area contributed by atoms with E-state index in [9.17, 15) is 9.59 Å². The summed E-state index contributed by atoms with van der Waals surface area (Å²) < 4.78 is 5.19. The number of piperidine rings is 1. The van der Waals surface area contributed by atoms with Crippen LogP contribution in [-0.2, 0) is 4.79 Å². The third-order valence-electron chi connectivity index (χ3n) is 5.90. The van der Waals surface area contributed by atoms with Gasteiger partial charge in [0.05, 0.1) is 18.7 Å². The van der Waals surface area contributed by atoms with Gasteiger partial charge in [0.2, 0.25) is 5.91 Å². The Hall–Kier alpha value is -3.78. The Morgan fingerprint density at radius 1 is 1.12 bits per heavy atom. The largest absolute Gasteiger partial charge is 0.497 e. The standard InChI is InChI=1S/C27H26N2O3/c1-4-28(21-13-9-19(2)10-14-21)27(31)24-17-18-29(25-8-6-5-7-23(24)25)26(30)20-11-15-22(32-3)16-12-20/h6,8-16,24H,4,17-18H2,1-3H3. The molecular weight excluding hydrogens is 400 g/mol. The first-order valence-corrected chi connectivity index (χ1v) is 10.8. The van der Waals surface area contributed by atoms with Crippen molar-refractivity contribution < 1.29 is 14.3 Å². The molecule has 162 valence electrons. The average Bonchev–Trinajstić information content (AvgIpc) is 2.84. The zero-order valence-corrected chi connectivity index (χ0v) is 18.6. The molecule has 2 aromatic carbocycles. The average molecular weight is 427 g/mol. The quantitative estimate of drug-likeness (QED) is 0.654. The van der Waals surface area contributed by atoms with E-state index in [1.807, 2.05) is 44.2 Å². The number of hydrogen-bond donors (Lipinski definition) is 0. The minimum Gasteiger partial charge on any atom is -0.497 e. The molecular formula is C27H26N2O3. The Kier molecular flexibility index (Phi) is 6.13. The fourth-order valence-electron chi connectivity index (χ4n) is 4.14. The molecule has 0 radical (unpaired) electrons. The van der Waals surface area contributed by atoms with Gasteiger partial charge in [0.1, 0.15) is 5.75 Å². The van der Waals surface area contributed by atoms with Crippen LogP contribution in [0.3, 0.4) is 0 Å². The van der Waals surface area contributed by atoms with E-state index in [2.05, 4.69) is 11.5 Å². The molecule has 4 rings (SSSR count). The van der Waals surface area contributed by atoms with Gasteiger partial charge in [-0.3, -0.25) is 9.59 Å². The Morgan fingerprint density at radius 3 is 2.50 bits per heavy atom. The van der Waals surface area contributed by atoms with E-state index in [0.29, 0.717) is 36.5 Å². The number of rotatable bonds is 5. The number of anilines is 1. The van der Waals surface area contributed by atoms with Crippen molar-refractivity contribution >= 4 is 17.5 Å². The number of carbonyl (C=O) groups excluding carboxylic acids is 2. The number of amides is 2. The van der Waals surface area contributed by atoms with Gasteiger partial charge >= 0.3 is 0 Å². The maximum atomic E-state index is 13.6. The van der Waals surface area contributed by atoms with Crippen LogP contribution in [0.15, 0.2) is 83.4 Å². The molecule has 2 aromatic rings. The van der Waals surface area contributed by atoms with Crippen LogP contribution in [0.25, 0.3) is 0 Å². The van der Waals surface area contributed by atoms with Gasteiger partial charge in [0, 0.05) is 29.9 Å². The molecule has 0 N–H and O–H groups in total. The summed E-state index contributed by atoms with van der Waals surface area (Å²) in [7, 11) is 1.59. The number of allylic oxidation sites excluding steroid dienone is 3. The number of likely N-dealkylation sites (tertiary alicyclic amines) is 1. The molecule has 0 spiro atoms. The van der Waals surface area contributed by atoms with Crippen LogP contribution in [0.5, 0.6) is 5.75 Å². The number of aryl methyl sites for hydroxylation is 1. The highest BCUT2D eigenvalue weighted by Crippen LogP contribution is 2.35. The maximum Gasteiger partial charge on any atom is 0.258 e. The lowest BCUT2D eigenvalue weighted by atomic mass is 9.86. The Morgan fingerprint density at radius 2 is 1.84 bits per heavy atom. The van der Waals surface area contributed by atoms with Crippen LogP contribution in [0.4, 0.5) is 5.69 Å². The number of hydrogen-bond acceptors (Lipinski definition) is 3. The molecule has 5 heteroatoms. The van der Waals surface area contributed by atoms with Crippen LogP contribution in [-0.4, -0.2) is 36.9 Å². The predicted molar refractivity (Wildman–Crippen MR) is 125 cm³/mol. The van der Waals surface area contributed by atoms with Crippen molar-refractivity contribution in [3.63, 3.8) is 0 Å². The summed E-state index contributed by atoms with van der Waals surface area (Å²) in [6, 6.07) is 15.0. The highest BCUT2D eigenvalue weighted by atomic mass is 16.5. The van der Waals surface area contributed by atoms with Crippen molar-refractivity contribution in [1.29, 1.82) is 0 Å². The zero-order valence-electron chi connectivity index (χ0n) is 18.6. The predicted octanol–water partition coefficient (Wildman–Crippen LogP) is 4.65. The molecule has 0 bridgehead atoms. The molecule has 2 amide bonds. The summed E-state index contributed by atoms with van der Waals surface area (Å²) >= 11 is 0. The number of nitrogens with zero attached hydrogens (tertiary/aromatic N) is 2. The van der Waals surface area contributed by atoms with Gasteiger partial charge in [0.25, 0.3) is 5.91 Å². The summed E-state index contributed by atoms with van der Waals surface area (Å²) in [5.74, 6) is 0.240. The van der Waals surface area contributed by atoms with E-state index in [4.69, 9.17) is 4.74 Å². The molecule has 32 heavy (non-hydrogen) atoms. The molecule has 1 atom stereocenters. The highest BCUT2D eigenvalue weighted by molar-refractivity contribution is 6.00. The van der Waals surface area contributed by atoms with Crippen LogP contribution in [0.2, 0.25) is 0 Å². The first-order valence-electron chi connectivity index (χ1n) is 10.8. The summed E-state index contributed by atoms with van der Waals surface area (Å²) in [6.07, 6.45) is 4.11. The lowest BCUT2D eigenvalue weighted by Crippen LogP contribution is -2.45. The SMILES string of the molecule is CCN(C(=O)C1CCN(C(=O)c2ccc(OC)cc2)C2=CC=C=C=C21)c1ccc(C)cc1. The van der Waals surface area contributed by atoms with E-state index in [0.717, 1.165) is 16.8 Å². The van der Waals surface area contributed by atoms with Gasteiger partial charge in [-0.15, -0.1) is 0 Å². The van der Waals surface area contributed by atoms with E-state index < -0.39 is 0 Å². The van der Waals surface area contributed by atoms with Crippen LogP contribution in [0, 0.1) is 12.8 Å². The molecule has 1 heterocycles. The second kappa shape index (κ2) is 9.15. The first-order chi connectivity index (χ1) is 15.5. The molecule has 1 saturated heterocycles. The van der Waals surface area contributed by atoms with Gasteiger partial charge in [-0.2, -0.15) is 0 Å². The number of ether oxygens (including phenoxy) is 1. The van der Waals surface area contributed by atoms with E-state index >= 15 is 0 Å². The molecule has 0 saturated carbocycles. The molecule has 1 fully saturated rings. The maximum absolute atomic E-state index is 13.6. The van der Waals surface area contributed by atoms with Crippen molar-refractivity contribution in [1.82, 2.24) is 4.90 Å². The van der Waals surface area contributed by atoms with Crippen LogP contribution >= 0.6 is 0 Å². The van der Waals surface area contributed by atoms with Crippen molar-refractivity contribution in [3.05, 3.63) is 94.5 Å². The summed E-state index contributed by atoms with van der Waals surface area (Å²) in [5, 5.41) is 0. The Labute approximate surface area is 188 Å². The Bertz CT molecular complexity index is 1160. The summed E-state index contributed by atoms with van der Waals surface area (Å²) in [4.78, 5) is 30.3. The van der Waals surface area contributed by atoms with Crippen molar-refractivity contribution in [2.24, 2.45) is 5.92 Å². The third kappa shape index (κ3) is 4.04. The number of methoxy groups -OCH3 is 1. The number of carbonyl (C=O) groups is 2. The van der Waals surface area contributed by atoms with E-state index in [1.165, 1.54) is 0 Å². The monoisotopic (exact) mass is 426 g/mol. The lowest BCUT2D eigenvalue weighted by molar-refractivity contribution is -0.121. The molecule has 1 aliphatic heterocycles. The highest BCUT2D eigenvalue weighted by Gasteiger charge is 2.38. The van der Waals surface area contributed by atoms with E-state index in [1.54, 1.807) is 47.3 Å². The first kappa shape index (κ1) is 21.5. The van der Waals surface area contributed by atoms with Crippen molar-refractivity contribution in [3.8, 4) is 5.75 Å². The fraction of sp³-hybridized carbons (Fsp3) is 0.259. The fourth-order valence-corrected chi connectivity index (χ4v) is 4.14. The molecule has 1 aliphatic carbocycles. The normalized spacial score (nSPS) is 16.7. The van der Waals surface area contributed by atoms with Gasteiger partial charge in [-0.05, 0) is 68.8 Å². The van der Waals surface area contributed by atoms with Gasteiger partial charge < -0.3 is 14.5 Å². The van der Waals surface area contributed by atoms with Gasteiger partial charge in [-0.25, -0.2) is 0 Å². The Balaban J connectivity index is 1.60. The topological polar surface area (TPSA) is 49.9 Å². The summed E-state index contributed by atoms with van der Waals surface area (Å²) in [6.45, 7) is 5.02. The van der Waals surface area contributed by atoms with Gasteiger partial charge in [-0.1, -0.05) is 29.2 Å². The third-order valence-corrected chi connectivity index (χ3v) is 5.90.